The fourth-order valence-corrected chi connectivity index (χ4v) is 2.29. The molecule has 6 heteroatoms. The predicted octanol–water partition coefficient (Wildman–Crippen LogP) is 1.87. The molecule has 0 aromatic heterocycles. The van der Waals surface area contributed by atoms with E-state index in [1.807, 2.05) is 6.92 Å². The molecular formula is C13H18ClNO4. The number of methoxy groups -OCH3 is 2. The molecule has 0 aliphatic rings. The summed E-state index contributed by atoms with van der Waals surface area (Å²) >= 11 is 6.11. The van der Waals surface area contributed by atoms with Crippen LogP contribution in [0.4, 0.5) is 0 Å². The average molecular weight is 288 g/mol. The van der Waals surface area contributed by atoms with Crippen LogP contribution in [0.1, 0.15) is 18.1 Å². The summed E-state index contributed by atoms with van der Waals surface area (Å²) in [5, 5.41) is 9.27. The molecule has 0 aliphatic carbocycles. The molecule has 19 heavy (non-hydrogen) atoms. The molecule has 0 amide bonds. The van der Waals surface area contributed by atoms with Gasteiger partial charge in [0, 0.05) is 5.56 Å². The van der Waals surface area contributed by atoms with E-state index in [2.05, 4.69) is 0 Å². The van der Waals surface area contributed by atoms with E-state index in [1.54, 1.807) is 6.07 Å². The van der Waals surface area contributed by atoms with Gasteiger partial charge in [-0.1, -0.05) is 18.5 Å². The summed E-state index contributed by atoms with van der Waals surface area (Å²) in [6, 6.07) is 0.712. The Labute approximate surface area is 117 Å². The Morgan fingerprint density at radius 2 is 2.00 bits per heavy atom. The Hall–Kier alpha value is -1.46. The van der Waals surface area contributed by atoms with Crippen LogP contribution in [-0.4, -0.2) is 31.3 Å². The van der Waals surface area contributed by atoms with Crippen LogP contribution in [0.15, 0.2) is 6.07 Å². The quantitative estimate of drug-likeness (QED) is 0.835. The van der Waals surface area contributed by atoms with E-state index in [1.165, 1.54) is 14.2 Å². The number of ether oxygens (including phenoxy) is 2. The smallest absolute Gasteiger partial charge is 0.320 e. The second-order valence-corrected chi connectivity index (χ2v) is 4.47. The minimum absolute atomic E-state index is 0.193. The SMILES string of the molecule is CCc1c(CC(N)C(=O)O)cc(Cl)c(OC)c1OC. The van der Waals surface area contributed by atoms with Gasteiger partial charge in [0.05, 0.1) is 19.2 Å². The van der Waals surface area contributed by atoms with Crippen molar-refractivity contribution in [3.05, 3.63) is 22.2 Å². The highest BCUT2D eigenvalue weighted by Crippen LogP contribution is 2.40. The van der Waals surface area contributed by atoms with Crippen molar-refractivity contribution in [2.24, 2.45) is 5.73 Å². The highest BCUT2D eigenvalue weighted by atomic mass is 35.5. The number of aliphatic carboxylic acids is 1. The van der Waals surface area contributed by atoms with Crippen LogP contribution in [0, 0.1) is 0 Å². The topological polar surface area (TPSA) is 81.8 Å². The van der Waals surface area contributed by atoms with E-state index in [9.17, 15) is 4.79 Å². The monoisotopic (exact) mass is 287 g/mol. The van der Waals surface area contributed by atoms with Crippen LogP contribution in [-0.2, 0) is 17.6 Å². The third-order valence-corrected chi connectivity index (χ3v) is 3.19. The van der Waals surface area contributed by atoms with E-state index < -0.39 is 12.0 Å². The van der Waals surface area contributed by atoms with Gasteiger partial charge < -0.3 is 20.3 Å². The van der Waals surface area contributed by atoms with Crippen molar-refractivity contribution < 1.29 is 19.4 Å². The van der Waals surface area contributed by atoms with Crippen LogP contribution in [0.25, 0.3) is 0 Å². The summed E-state index contributed by atoms with van der Waals surface area (Å²) in [6.45, 7) is 1.95. The lowest BCUT2D eigenvalue weighted by Crippen LogP contribution is -2.32. The first-order valence-corrected chi connectivity index (χ1v) is 6.24. The number of carboxylic acids is 1. The minimum atomic E-state index is -1.05. The second-order valence-electron chi connectivity index (χ2n) is 4.06. The summed E-state index contributed by atoms with van der Waals surface area (Å²) in [4.78, 5) is 10.9. The fourth-order valence-electron chi connectivity index (χ4n) is 2.00. The molecule has 0 radical (unpaired) electrons. The number of carboxylic acid groups (broad SMARTS) is 1. The van der Waals surface area contributed by atoms with Crippen LogP contribution >= 0.6 is 11.6 Å². The molecular weight excluding hydrogens is 270 g/mol. The minimum Gasteiger partial charge on any atom is -0.493 e. The predicted molar refractivity (Wildman–Crippen MR) is 73.2 cm³/mol. The van der Waals surface area contributed by atoms with Crippen LogP contribution in [0.3, 0.4) is 0 Å². The van der Waals surface area contributed by atoms with Crippen molar-refractivity contribution in [2.45, 2.75) is 25.8 Å². The fraction of sp³-hybridized carbons (Fsp3) is 0.462. The molecule has 0 saturated carbocycles. The first kappa shape index (κ1) is 15.6. The zero-order valence-corrected chi connectivity index (χ0v) is 12.0. The van der Waals surface area contributed by atoms with E-state index >= 15 is 0 Å². The number of rotatable bonds is 6. The van der Waals surface area contributed by atoms with Gasteiger partial charge in [-0.15, -0.1) is 0 Å². The molecule has 0 saturated heterocycles. The van der Waals surface area contributed by atoms with E-state index in [-0.39, 0.29) is 6.42 Å². The van der Waals surface area contributed by atoms with Crippen LogP contribution < -0.4 is 15.2 Å². The first-order valence-electron chi connectivity index (χ1n) is 5.86. The van der Waals surface area contributed by atoms with Gasteiger partial charge in [-0.3, -0.25) is 4.79 Å². The largest absolute Gasteiger partial charge is 0.493 e. The third-order valence-electron chi connectivity index (χ3n) is 2.90. The molecule has 0 fully saturated rings. The number of benzene rings is 1. The molecule has 1 aromatic carbocycles. The molecule has 0 heterocycles. The maximum atomic E-state index is 10.9. The van der Waals surface area contributed by atoms with E-state index in [4.69, 9.17) is 31.9 Å². The molecule has 0 bridgehead atoms. The third kappa shape index (κ3) is 3.30. The van der Waals surface area contributed by atoms with Gasteiger partial charge >= 0.3 is 5.97 Å². The van der Waals surface area contributed by atoms with Crippen molar-refractivity contribution in [1.29, 1.82) is 0 Å². The molecule has 5 nitrogen and oxygen atoms in total. The molecule has 3 N–H and O–H groups in total. The number of hydrogen-bond acceptors (Lipinski definition) is 4. The number of nitrogens with two attached hydrogens (primary N) is 1. The van der Waals surface area contributed by atoms with Crippen molar-refractivity contribution in [3.8, 4) is 11.5 Å². The Kier molecular flexibility index (Phi) is 5.44. The normalized spacial score (nSPS) is 12.1. The summed E-state index contributed by atoms with van der Waals surface area (Å²) in [6.07, 6.45) is 0.858. The lowest BCUT2D eigenvalue weighted by molar-refractivity contribution is -0.138. The summed E-state index contributed by atoms with van der Waals surface area (Å²) < 4.78 is 10.5. The van der Waals surface area contributed by atoms with Crippen molar-refractivity contribution in [1.82, 2.24) is 0 Å². The van der Waals surface area contributed by atoms with Crippen LogP contribution in [0.2, 0.25) is 5.02 Å². The van der Waals surface area contributed by atoms with Crippen molar-refractivity contribution >= 4 is 17.6 Å². The van der Waals surface area contributed by atoms with Gasteiger partial charge in [0.15, 0.2) is 11.5 Å². The van der Waals surface area contributed by atoms with Crippen molar-refractivity contribution in [2.75, 3.05) is 14.2 Å². The maximum Gasteiger partial charge on any atom is 0.320 e. The molecule has 1 atom stereocenters. The van der Waals surface area contributed by atoms with Gasteiger partial charge in [0.1, 0.15) is 6.04 Å². The number of hydrogen-bond donors (Lipinski definition) is 2. The molecule has 1 rings (SSSR count). The standard InChI is InChI=1S/C13H18ClNO4/c1-4-8-7(6-10(15)13(16)17)5-9(14)12(19-3)11(8)18-2/h5,10H,4,6,15H2,1-3H3,(H,16,17). The Morgan fingerprint density at radius 1 is 1.42 bits per heavy atom. The Balaban J connectivity index is 3.32. The first-order chi connectivity index (χ1) is 8.96. The van der Waals surface area contributed by atoms with Gasteiger partial charge in [0.2, 0.25) is 0 Å². The molecule has 1 unspecified atom stereocenters. The summed E-state index contributed by atoms with van der Waals surface area (Å²) in [5.74, 6) is -0.0632. The average Bonchev–Trinajstić information content (AvgIpc) is 2.37. The molecule has 106 valence electrons. The highest BCUT2D eigenvalue weighted by Gasteiger charge is 2.21. The van der Waals surface area contributed by atoms with Gasteiger partial charge in [0.25, 0.3) is 0 Å². The zero-order valence-electron chi connectivity index (χ0n) is 11.2. The zero-order chi connectivity index (χ0) is 14.6. The lowest BCUT2D eigenvalue weighted by Gasteiger charge is -2.18. The lowest BCUT2D eigenvalue weighted by atomic mass is 9.97. The van der Waals surface area contributed by atoms with Crippen LogP contribution in [0.5, 0.6) is 11.5 Å². The highest BCUT2D eigenvalue weighted by molar-refractivity contribution is 6.32. The van der Waals surface area contributed by atoms with Gasteiger partial charge in [-0.25, -0.2) is 0 Å². The van der Waals surface area contributed by atoms with Crippen molar-refractivity contribution in [3.63, 3.8) is 0 Å². The summed E-state index contributed by atoms with van der Waals surface area (Å²) in [5.41, 5.74) is 7.20. The van der Waals surface area contributed by atoms with E-state index in [0.29, 0.717) is 22.9 Å². The Morgan fingerprint density at radius 3 is 2.42 bits per heavy atom. The number of carbonyl (C=O) groups is 1. The molecule has 0 spiro atoms. The van der Waals surface area contributed by atoms with Gasteiger partial charge in [-0.05, 0) is 24.5 Å². The molecule has 1 aromatic rings. The second kappa shape index (κ2) is 6.63. The Bertz CT molecular complexity index is 476. The number of halogens is 1. The van der Waals surface area contributed by atoms with E-state index in [0.717, 1.165) is 11.1 Å². The summed E-state index contributed by atoms with van der Waals surface area (Å²) in [7, 11) is 3.03. The maximum absolute atomic E-state index is 10.9. The molecule has 0 aliphatic heterocycles. The van der Waals surface area contributed by atoms with Gasteiger partial charge in [-0.2, -0.15) is 0 Å².